The summed E-state index contributed by atoms with van der Waals surface area (Å²) in [4.78, 5) is 10.5. The van der Waals surface area contributed by atoms with Crippen LogP contribution in [0.15, 0.2) is 42.5 Å². The molecule has 132 valence electrons. The van der Waals surface area contributed by atoms with Gasteiger partial charge in [-0.05, 0) is 17.2 Å². The van der Waals surface area contributed by atoms with Crippen LogP contribution < -0.4 is 19.5 Å². The zero-order valence-electron chi connectivity index (χ0n) is 14.4. The molecule has 0 aromatic heterocycles. The third kappa shape index (κ3) is 4.91. The normalized spacial score (nSPS) is 10.5. The minimum absolute atomic E-state index is 0.546. The van der Waals surface area contributed by atoms with Gasteiger partial charge in [-0.25, -0.2) is 4.79 Å². The molecule has 0 heterocycles. The summed E-state index contributed by atoms with van der Waals surface area (Å²) in [5, 5.41) is 11.9. The molecular weight excluding hydrogens is 322 g/mol. The Morgan fingerprint density at radius 1 is 1.04 bits per heavy atom. The number of carboxylic acids is 1. The van der Waals surface area contributed by atoms with Gasteiger partial charge in [0.15, 0.2) is 11.5 Å². The molecule has 2 aromatic carbocycles. The molecule has 6 heteroatoms. The van der Waals surface area contributed by atoms with Crippen molar-refractivity contribution >= 4 is 17.7 Å². The maximum atomic E-state index is 10.5. The van der Waals surface area contributed by atoms with Crippen molar-refractivity contribution in [2.24, 2.45) is 0 Å². The first-order chi connectivity index (χ1) is 12.1. The molecule has 2 aromatic rings. The van der Waals surface area contributed by atoms with E-state index in [-0.39, 0.29) is 0 Å². The lowest BCUT2D eigenvalue weighted by Gasteiger charge is -2.15. The average molecular weight is 343 g/mol. The van der Waals surface area contributed by atoms with E-state index in [9.17, 15) is 4.79 Å². The fraction of sp³-hybridized carbons (Fsp3) is 0.211. The molecule has 0 saturated carbocycles. The lowest BCUT2D eigenvalue weighted by Crippen LogP contribution is -2.02. The average Bonchev–Trinajstić information content (AvgIpc) is 2.64. The van der Waals surface area contributed by atoms with E-state index < -0.39 is 5.97 Å². The highest BCUT2D eigenvalue weighted by molar-refractivity contribution is 5.85. The van der Waals surface area contributed by atoms with Gasteiger partial charge in [0.05, 0.1) is 21.3 Å². The molecule has 0 unspecified atom stereocenters. The Kier molecular flexibility index (Phi) is 6.28. The van der Waals surface area contributed by atoms with Crippen LogP contribution in [0.1, 0.15) is 11.1 Å². The number of hydrogen-bond donors (Lipinski definition) is 2. The molecule has 2 N–H and O–H groups in total. The molecule has 0 amide bonds. The predicted molar refractivity (Wildman–Crippen MR) is 96.5 cm³/mol. The van der Waals surface area contributed by atoms with Crippen LogP contribution in [0.3, 0.4) is 0 Å². The van der Waals surface area contributed by atoms with E-state index in [4.69, 9.17) is 19.3 Å². The fourth-order valence-corrected chi connectivity index (χ4v) is 2.30. The van der Waals surface area contributed by atoms with Crippen LogP contribution in [0.2, 0.25) is 0 Å². The van der Waals surface area contributed by atoms with Crippen LogP contribution in [0.5, 0.6) is 17.2 Å². The van der Waals surface area contributed by atoms with E-state index in [1.165, 1.54) is 0 Å². The van der Waals surface area contributed by atoms with E-state index in [2.05, 4.69) is 5.32 Å². The van der Waals surface area contributed by atoms with Crippen LogP contribution in [0.25, 0.3) is 6.08 Å². The summed E-state index contributed by atoms with van der Waals surface area (Å²) in [5.74, 6) is 0.746. The number of benzene rings is 2. The fourth-order valence-electron chi connectivity index (χ4n) is 2.30. The summed E-state index contributed by atoms with van der Waals surface area (Å²) < 4.78 is 16.0. The highest BCUT2D eigenvalue weighted by Crippen LogP contribution is 2.39. The number of carboxylic acid groups (broad SMARTS) is 1. The molecular formula is C19H21NO5. The lowest BCUT2D eigenvalue weighted by molar-refractivity contribution is -0.131. The second-order valence-electron chi connectivity index (χ2n) is 5.18. The Morgan fingerprint density at radius 3 is 2.12 bits per heavy atom. The Labute approximate surface area is 146 Å². The molecule has 0 spiro atoms. The largest absolute Gasteiger partial charge is 0.493 e. The second kappa shape index (κ2) is 8.63. The first-order valence-corrected chi connectivity index (χ1v) is 7.61. The SMILES string of the molecule is COc1cc(NCc2ccc(C=CC(=O)O)cc2)cc(OC)c1OC. The second-order valence-corrected chi connectivity index (χ2v) is 5.18. The van der Waals surface area contributed by atoms with Gasteiger partial charge in [0.25, 0.3) is 0 Å². The van der Waals surface area contributed by atoms with Gasteiger partial charge in [0.2, 0.25) is 5.75 Å². The van der Waals surface area contributed by atoms with Gasteiger partial charge in [-0.1, -0.05) is 24.3 Å². The number of methoxy groups -OCH3 is 3. The van der Waals surface area contributed by atoms with Gasteiger partial charge in [-0.15, -0.1) is 0 Å². The molecule has 0 fully saturated rings. The first kappa shape index (κ1) is 18.2. The summed E-state index contributed by atoms with van der Waals surface area (Å²) in [6, 6.07) is 11.3. The van der Waals surface area contributed by atoms with Crippen molar-refractivity contribution in [2.45, 2.75) is 6.54 Å². The van der Waals surface area contributed by atoms with Crippen molar-refractivity contribution in [3.63, 3.8) is 0 Å². The van der Waals surface area contributed by atoms with Crippen LogP contribution in [-0.4, -0.2) is 32.4 Å². The van der Waals surface area contributed by atoms with Crippen LogP contribution in [0.4, 0.5) is 5.69 Å². The molecule has 25 heavy (non-hydrogen) atoms. The smallest absolute Gasteiger partial charge is 0.328 e. The van der Waals surface area contributed by atoms with Crippen LogP contribution >= 0.6 is 0 Å². The molecule has 0 aliphatic carbocycles. The van der Waals surface area contributed by atoms with Gasteiger partial charge in [-0.2, -0.15) is 0 Å². The molecule has 0 atom stereocenters. The number of ether oxygens (including phenoxy) is 3. The quantitative estimate of drug-likeness (QED) is 0.715. The van der Waals surface area contributed by atoms with Gasteiger partial charge in [-0.3, -0.25) is 0 Å². The number of aliphatic carboxylic acids is 1. The number of rotatable bonds is 8. The van der Waals surface area contributed by atoms with E-state index in [1.807, 2.05) is 36.4 Å². The third-order valence-electron chi connectivity index (χ3n) is 3.56. The molecule has 2 rings (SSSR count). The first-order valence-electron chi connectivity index (χ1n) is 7.61. The summed E-state index contributed by atoms with van der Waals surface area (Å²) in [6.07, 6.45) is 2.67. The number of hydrogen-bond acceptors (Lipinski definition) is 5. The van der Waals surface area contributed by atoms with E-state index in [0.717, 1.165) is 22.9 Å². The number of nitrogens with one attached hydrogen (secondary N) is 1. The predicted octanol–water partition coefficient (Wildman–Crippen LogP) is 3.42. The molecule has 0 saturated heterocycles. The van der Waals surface area contributed by atoms with Crippen molar-refractivity contribution in [2.75, 3.05) is 26.6 Å². The Morgan fingerprint density at radius 2 is 1.64 bits per heavy atom. The molecule has 6 nitrogen and oxygen atoms in total. The zero-order valence-corrected chi connectivity index (χ0v) is 14.4. The van der Waals surface area contributed by atoms with Crippen molar-refractivity contribution in [3.8, 4) is 17.2 Å². The number of carbonyl (C=O) groups is 1. The highest BCUT2D eigenvalue weighted by Gasteiger charge is 2.12. The van der Waals surface area contributed by atoms with Gasteiger partial charge in [0, 0.05) is 30.4 Å². The Hall–Kier alpha value is -3.15. The lowest BCUT2D eigenvalue weighted by atomic mass is 10.1. The summed E-state index contributed by atoms with van der Waals surface area (Å²) >= 11 is 0. The van der Waals surface area contributed by atoms with Crippen LogP contribution in [0, 0.1) is 0 Å². The minimum Gasteiger partial charge on any atom is -0.493 e. The summed E-state index contributed by atoms with van der Waals surface area (Å²) in [6.45, 7) is 0.599. The molecule has 0 bridgehead atoms. The summed E-state index contributed by atoms with van der Waals surface area (Å²) in [7, 11) is 4.71. The van der Waals surface area contributed by atoms with Crippen molar-refractivity contribution in [1.29, 1.82) is 0 Å². The molecule has 0 radical (unpaired) electrons. The van der Waals surface area contributed by atoms with Crippen molar-refractivity contribution < 1.29 is 24.1 Å². The summed E-state index contributed by atoms with van der Waals surface area (Å²) in [5.41, 5.74) is 2.73. The van der Waals surface area contributed by atoms with Crippen molar-refractivity contribution in [1.82, 2.24) is 0 Å². The Bertz CT molecular complexity index is 728. The van der Waals surface area contributed by atoms with Crippen molar-refractivity contribution in [3.05, 3.63) is 53.6 Å². The van der Waals surface area contributed by atoms with Gasteiger partial charge < -0.3 is 24.6 Å². The standard InChI is InChI=1S/C19H21NO5/c1-23-16-10-15(11-17(24-2)19(16)25-3)20-12-14-6-4-13(5-7-14)8-9-18(21)22/h4-11,20H,12H2,1-3H3,(H,21,22). The zero-order chi connectivity index (χ0) is 18.2. The van der Waals surface area contributed by atoms with E-state index in [1.54, 1.807) is 27.4 Å². The minimum atomic E-state index is -0.965. The van der Waals surface area contributed by atoms with Crippen LogP contribution in [-0.2, 0) is 11.3 Å². The Balaban J connectivity index is 2.09. The highest BCUT2D eigenvalue weighted by atomic mass is 16.5. The maximum absolute atomic E-state index is 10.5. The monoisotopic (exact) mass is 343 g/mol. The van der Waals surface area contributed by atoms with E-state index >= 15 is 0 Å². The maximum Gasteiger partial charge on any atom is 0.328 e. The third-order valence-corrected chi connectivity index (χ3v) is 3.56. The topological polar surface area (TPSA) is 77.0 Å². The molecule has 0 aliphatic rings. The van der Waals surface area contributed by atoms with Gasteiger partial charge in [0.1, 0.15) is 0 Å². The van der Waals surface area contributed by atoms with E-state index in [0.29, 0.717) is 23.8 Å². The number of anilines is 1. The molecule has 0 aliphatic heterocycles. The van der Waals surface area contributed by atoms with Gasteiger partial charge >= 0.3 is 5.97 Å².